The van der Waals surface area contributed by atoms with Gasteiger partial charge in [-0.25, -0.2) is 4.79 Å². The summed E-state index contributed by atoms with van der Waals surface area (Å²) < 4.78 is 0. The van der Waals surface area contributed by atoms with Crippen LogP contribution in [0.25, 0.3) is 0 Å². The molecule has 0 saturated heterocycles. The molecule has 1 rings (SSSR count). The van der Waals surface area contributed by atoms with Crippen LogP contribution in [0.15, 0.2) is 35.5 Å². The Morgan fingerprint density at radius 3 is 2.53 bits per heavy atom. The van der Waals surface area contributed by atoms with Gasteiger partial charge in [-0.15, -0.1) is 0 Å². The minimum Gasteiger partial charge on any atom is -0.478 e. The molecule has 0 amide bonds. The maximum atomic E-state index is 11.1. The van der Waals surface area contributed by atoms with Gasteiger partial charge in [0.15, 0.2) is 0 Å². The predicted molar refractivity (Wildman–Crippen MR) is 61.6 cm³/mol. The fourth-order valence-corrected chi connectivity index (χ4v) is 1.51. The third kappa shape index (κ3) is 2.82. The minimum atomic E-state index is -0.846. The molecule has 1 atom stereocenters. The Bertz CT molecular complexity index is 357. The smallest absolute Gasteiger partial charge is 0.335 e. The van der Waals surface area contributed by atoms with Crippen molar-refractivity contribution in [2.75, 3.05) is 0 Å². The van der Waals surface area contributed by atoms with E-state index in [0.717, 1.165) is 5.57 Å². The third-order valence-electron chi connectivity index (χ3n) is 2.83. The molecular weight excluding hydrogens is 188 g/mol. The minimum absolute atomic E-state index is 0.0737. The summed E-state index contributed by atoms with van der Waals surface area (Å²) in [6.07, 6.45) is 7.85. The Balaban J connectivity index is 3.24. The van der Waals surface area contributed by atoms with E-state index in [1.165, 1.54) is 0 Å². The van der Waals surface area contributed by atoms with Gasteiger partial charge < -0.3 is 5.11 Å². The first-order valence-corrected chi connectivity index (χ1v) is 5.16. The van der Waals surface area contributed by atoms with Crippen LogP contribution in [0.1, 0.15) is 27.7 Å². The number of carbonyl (C=O) groups is 1. The molecule has 2 nitrogen and oxygen atoms in total. The molecule has 0 aromatic heterocycles. The Morgan fingerprint density at radius 1 is 1.40 bits per heavy atom. The van der Waals surface area contributed by atoms with Gasteiger partial charge in [0.05, 0.1) is 5.57 Å². The second-order valence-corrected chi connectivity index (χ2v) is 4.70. The summed E-state index contributed by atoms with van der Waals surface area (Å²) in [7, 11) is 0. The Kier molecular flexibility index (Phi) is 3.18. The van der Waals surface area contributed by atoms with E-state index in [-0.39, 0.29) is 11.3 Å². The highest BCUT2D eigenvalue weighted by Crippen LogP contribution is 2.27. The first-order chi connectivity index (χ1) is 6.83. The molecule has 2 heteroatoms. The predicted octanol–water partition coefficient (Wildman–Crippen LogP) is 3.18. The summed E-state index contributed by atoms with van der Waals surface area (Å²) in [5.41, 5.74) is 1.25. The van der Waals surface area contributed by atoms with Crippen LogP contribution in [0, 0.1) is 11.3 Å². The van der Waals surface area contributed by atoms with Gasteiger partial charge in [-0.2, -0.15) is 0 Å². The van der Waals surface area contributed by atoms with E-state index >= 15 is 0 Å². The summed E-state index contributed by atoms with van der Waals surface area (Å²) in [5.74, 6) is -0.665. The summed E-state index contributed by atoms with van der Waals surface area (Å²) in [4.78, 5) is 11.1. The lowest BCUT2D eigenvalue weighted by Gasteiger charge is -2.20. The standard InChI is InChI=1S/C13H18O2/c1-9-5-7-13(3,4)8-6-11(10(9)2)12(14)15/h5-9H,1-4H3,(H,14,15)/b7-5-,8-6-,11-10+. The highest BCUT2D eigenvalue weighted by Gasteiger charge is 2.17. The lowest BCUT2D eigenvalue weighted by molar-refractivity contribution is -0.132. The fourth-order valence-electron chi connectivity index (χ4n) is 1.51. The van der Waals surface area contributed by atoms with Crippen molar-refractivity contribution in [3.05, 3.63) is 35.5 Å². The number of carboxylic acid groups (broad SMARTS) is 1. The largest absolute Gasteiger partial charge is 0.478 e. The SMILES string of the molecule is C/C1=C(C(=O)O)/C=C\C(C)(C)/C=C\C1C. The second kappa shape index (κ2) is 4.05. The monoisotopic (exact) mass is 206 g/mol. The number of carboxylic acids is 1. The van der Waals surface area contributed by atoms with Crippen LogP contribution in [0.2, 0.25) is 0 Å². The van der Waals surface area contributed by atoms with Crippen molar-refractivity contribution < 1.29 is 9.90 Å². The van der Waals surface area contributed by atoms with Crippen LogP contribution in [0.4, 0.5) is 0 Å². The van der Waals surface area contributed by atoms with Gasteiger partial charge >= 0.3 is 5.97 Å². The lowest BCUT2D eigenvalue weighted by atomic mass is 9.85. The van der Waals surface area contributed by atoms with Crippen molar-refractivity contribution in [2.45, 2.75) is 27.7 Å². The normalized spacial score (nSPS) is 34.0. The fraction of sp³-hybridized carbons (Fsp3) is 0.462. The van der Waals surface area contributed by atoms with Crippen molar-refractivity contribution in [1.82, 2.24) is 0 Å². The van der Waals surface area contributed by atoms with E-state index in [4.69, 9.17) is 5.11 Å². The number of allylic oxidation sites excluding steroid dienone is 4. The number of hydrogen-bond donors (Lipinski definition) is 1. The molecule has 1 unspecified atom stereocenters. The van der Waals surface area contributed by atoms with E-state index in [0.29, 0.717) is 5.57 Å². The molecule has 0 aromatic rings. The van der Waals surface area contributed by atoms with Gasteiger partial charge in [-0.05, 0) is 12.8 Å². The van der Waals surface area contributed by atoms with Gasteiger partial charge in [0.2, 0.25) is 0 Å². The third-order valence-corrected chi connectivity index (χ3v) is 2.83. The zero-order valence-electron chi connectivity index (χ0n) is 9.74. The quantitative estimate of drug-likeness (QED) is 0.669. The molecule has 0 saturated carbocycles. The molecule has 1 aliphatic rings. The molecule has 15 heavy (non-hydrogen) atoms. The molecule has 0 fully saturated rings. The molecule has 0 bridgehead atoms. The molecule has 1 aliphatic carbocycles. The molecule has 0 aromatic carbocycles. The molecular formula is C13H18O2. The van der Waals surface area contributed by atoms with Crippen LogP contribution < -0.4 is 0 Å². The van der Waals surface area contributed by atoms with Gasteiger partial charge in [-0.3, -0.25) is 0 Å². The average Bonchev–Trinajstić information content (AvgIpc) is 2.12. The maximum Gasteiger partial charge on any atom is 0.335 e. The van der Waals surface area contributed by atoms with Crippen LogP contribution in [-0.4, -0.2) is 11.1 Å². The maximum absolute atomic E-state index is 11.1. The summed E-state index contributed by atoms with van der Waals surface area (Å²) in [5, 5.41) is 9.08. The zero-order valence-corrected chi connectivity index (χ0v) is 9.74. The van der Waals surface area contributed by atoms with Gasteiger partial charge in [0.1, 0.15) is 0 Å². The summed E-state index contributed by atoms with van der Waals surface area (Å²) >= 11 is 0. The van der Waals surface area contributed by atoms with Crippen LogP contribution >= 0.6 is 0 Å². The van der Waals surface area contributed by atoms with Crippen molar-refractivity contribution in [3.8, 4) is 0 Å². The molecule has 0 heterocycles. The molecule has 0 radical (unpaired) electrons. The first-order valence-electron chi connectivity index (χ1n) is 5.16. The van der Waals surface area contributed by atoms with Crippen molar-refractivity contribution >= 4 is 5.97 Å². The highest BCUT2D eigenvalue weighted by molar-refractivity contribution is 5.91. The molecule has 82 valence electrons. The molecule has 0 aliphatic heterocycles. The number of hydrogen-bond acceptors (Lipinski definition) is 1. The average molecular weight is 206 g/mol. The number of aliphatic carboxylic acids is 1. The van der Waals surface area contributed by atoms with Gasteiger partial charge in [0.25, 0.3) is 0 Å². The van der Waals surface area contributed by atoms with E-state index in [1.54, 1.807) is 6.08 Å². The lowest BCUT2D eigenvalue weighted by Crippen LogP contribution is -2.11. The van der Waals surface area contributed by atoms with Crippen molar-refractivity contribution in [2.24, 2.45) is 11.3 Å². The number of rotatable bonds is 1. The van der Waals surface area contributed by atoms with Crippen LogP contribution in [0.3, 0.4) is 0 Å². The van der Waals surface area contributed by atoms with E-state index in [9.17, 15) is 4.79 Å². The second-order valence-electron chi connectivity index (χ2n) is 4.70. The Hall–Kier alpha value is -1.31. The Morgan fingerprint density at radius 2 is 2.00 bits per heavy atom. The van der Waals surface area contributed by atoms with E-state index in [1.807, 2.05) is 19.9 Å². The molecule has 0 spiro atoms. The Labute approximate surface area is 91.0 Å². The van der Waals surface area contributed by atoms with Crippen LogP contribution in [-0.2, 0) is 4.79 Å². The molecule has 1 N–H and O–H groups in total. The van der Waals surface area contributed by atoms with E-state index in [2.05, 4.69) is 26.0 Å². The van der Waals surface area contributed by atoms with E-state index < -0.39 is 5.97 Å². The van der Waals surface area contributed by atoms with Crippen molar-refractivity contribution in [1.29, 1.82) is 0 Å². The van der Waals surface area contributed by atoms with Crippen LogP contribution in [0.5, 0.6) is 0 Å². The highest BCUT2D eigenvalue weighted by atomic mass is 16.4. The topological polar surface area (TPSA) is 37.3 Å². The van der Waals surface area contributed by atoms with Gasteiger partial charge in [-0.1, -0.05) is 50.6 Å². The first kappa shape index (κ1) is 11.8. The van der Waals surface area contributed by atoms with Crippen molar-refractivity contribution in [3.63, 3.8) is 0 Å². The van der Waals surface area contributed by atoms with Gasteiger partial charge in [0, 0.05) is 5.41 Å². The zero-order chi connectivity index (χ0) is 11.6. The summed E-state index contributed by atoms with van der Waals surface area (Å²) in [6, 6.07) is 0. The summed E-state index contributed by atoms with van der Waals surface area (Å²) in [6.45, 7) is 8.02.